The average Bonchev–Trinajstić information content (AvgIpc) is 2.80. The van der Waals surface area contributed by atoms with E-state index in [1.165, 1.54) is 16.2 Å². The highest BCUT2D eigenvalue weighted by Gasteiger charge is 2.31. The van der Waals surface area contributed by atoms with Crippen LogP contribution in [-0.4, -0.2) is 39.5 Å². The molecule has 1 amide bonds. The number of thiazole rings is 1. The molecule has 1 aliphatic rings. The Kier molecular flexibility index (Phi) is 3.88. The predicted molar refractivity (Wildman–Crippen MR) is 80.5 cm³/mol. The molecular weight excluding hydrogens is 288 g/mol. The van der Waals surface area contributed by atoms with E-state index in [2.05, 4.69) is 4.98 Å². The van der Waals surface area contributed by atoms with Gasteiger partial charge in [-0.25, -0.2) is 9.78 Å². The first kappa shape index (κ1) is 14.0. The van der Waals surface area contributed by atoms with Crippen LogP contribution in [0, 0.1) is 0 Å². The topological polar surface area (TPSA) is 70.5 Å². The van der Waals surface area contributed by atoms with Crippen molar-refractivity contribution in [1.29, 1.82) is 0 Å². The zero-order valence-corrected chi connectivity index (χ0v) is 12.3. The number of hydrogen-bond donors (Lipinski definition) is 1. The van der Waals surface area contributed by atoms with Crippen LogP contribution in [0.2, 0.25) is 0 Å². The van der Waals surface area contributed by atoms with Gasteiger partial charge < -0.3 is 10.0 Å². The summed E-state index contributed by atoms with van der Waals surface area (Å²) in [5.41, 5.74) is 3.15. The normalized spacial score (nSPS) is 19.4. The molecule has 0 aliphatic carbocycles. The third-order valence-electron chi connectivity index (χ3n) is 3.88. The van der Waals surface area contributed by atoms with Crippen molar-refractivity contribution in [2.75, 3.05) is 6.54 Å². The Morgan fingerprint density at radius 1 is 1.29 bits per heavy atom. The number of carboxylic acids is 1. The lowest BCUT2D eigenvalue weighted by Gasteiger charge is -2.27. The fourth-order valence-corrected chi connectivity index (χ4v) is 3.48. The van der Waals surface area contributed by atoms with E-state index in [0.29, 0.717) is 18.5 Å². The molecule has 1 aromatic carbocycles. The number of benzene rings is 1. The first-order chi connectivity index (χ1) is 10.2. The largest absolute Gasteiger partial charge is 0.480 e. The van der Waals surface area contributed by atoms with Gasteiger partial charge >= 0.3 is 5.97 Å². The zero-order valence-electron chi connectivity index (χ0n) is 11.5. The lowest BCUT2D eigenvalue weighted by Crippen LogP contribution is -2.44. The number of fused-ring (bicyclic) bond motifs is 1. The number of rotatable bonds is 2. The Bertz CT molecular complexity index is 682. The van der Waals surface area contributed by atoms with Gasteiger partial charge in [-0.3, -0.25) is 4.79 Å². The fraction of sp³-hybridized carbons (Fsp3) is 0.400. The fourth-order valence-electron chi connectivity index (χ4n) is 2.76. The lowest BCUT2D eigenvalue weighted by atomic mass is 10.1. The van der Waals surface area contributed by atoms with Crippen LogP contribution in [0.4, 0.5) is 0 Å². The van der Waals surface area contributed by atoms with Gasteiger partial charge in [-0.05, 0) is 31.0 Å². The molecule has 1 aromatic heterocycles. The van der Waals surface area contributed by atoms with Crippen LogP contribution in [0.5, 0.6) is 0 Å². The second kappa shape index (κ2) is 5.81. The minimum absolute atomic E-state index is 0.195. The molecule has 110 valence electrons. The molecule has 21 heavy (non-hydrogen) atoms. The molecule has 1 unspecified atom stereocenters. The quantitative estimate of drug-likeness (QED) is 0.926. The Morgan fingerprint density at radius 2 is 2.14 bits per heavy atom. The van der Waals surface area contributed by atoms with E-state index in [-0.39, 0.29) is 5.91 Å². The third kappa shape index (κ3) is 2.76. The summed E-state index contributed by atoms with van der Waals surface area (Å²) in [4.78, 5) is 29.8. The number of hydrogen-bond acceptors (Lipinski definition) is 4. The summed E-state index contributed by atoms with van der Waals surface area (Å²) in [6.07, 6.45) is 3.22. The van der Waals surface area contributed by atoms with Gasteiger partial charge in [0.2, 0.25) is 0 Å². The van der Waals surface area contributed by atoms with Crippen LogP contribution < -0.4 is 0 Å². The van der Waals surface area contributed by atoms with Gasteiger partial charge in [-0.15, -0.1) is 11.3 Å². The Balaban J connectivity index is 1.92. The zero-order chi connectivity index (χ0) is 14.8. The van der Waals surface area contributed by atoms with Gasteiger partial charge in [0.25, 0.3) is 5.91 Å². The van der Waals surface area contributed by atoms with E-state index >= 15 is 0 Å². The maximum atomic E-state index is 12.7. The molecule has 5 nitrogen and oxygen atoms in total. The maximum Gasteiger partial charge on any atom is 0.326 e. The molecule has 1 saturated heterocycles. The molecule has 3 rings (SSSR count). The van der Waals surface area contributed by atoms with E-state index in [1.807, 2.05) is 6.07 Å². The molecule has 0 spiro atoms. The summed E-state index contributed by atoms with van der Waals surface area (Å²) < 4.78 is 0.947. The number of carbonyl (C=O) groups is 2. The van der Waals surface area contributed by atoms with Gasteiger partial charge in [0, 0.05) is 12.1 Å². The molecule has 1 atom stereocenters. The van der Waals surface area contributed by atoms with Crippen LogP contribution in [0.3, 0.4) is 0 Å². The second-order valence-corrected chi connectivity index (χ2v) is 6.12. The predicted octanol–water partition coefficient (Wildman–Crippen LogP) is 2.77. The number of carboxylic acid groups (broad SMARTS) is 1. The summed E-state index contributed by atoms with van der Waals surface area (Å²) in [6.45, 7) is 0.510. The van der Waals surface area contributed by atoms with Crippen molar-refractivity contribution in [3.05, 3.63) is 29.3 Å². The first-order valence-corrected chi connectivity index (χ1v) is 7.92. The molecule has 2 heterocycles. The van der Waals surface area contributed by atoms with Gasteiger partial charge in [-0.1, -0.05) is 12.8 Å². The van der Waals surface area contributed by atoms with Crippen LogP contribution in [0.25, 0.3) is 10.2 Å². The van der Waals surface area contributed by atoms with Crippen molar-refractivity contribution >= 4 is 33.4 Å². The molecule has 1 N–H and O–H groups in total. The van der Waals surface area contributed by atoms with E-state index in [4.69, 9.17) is 0 Å². The number of aliphatic carboxylic acids is 1. The third-order valence-corrected chi connectivity index (χ3v) is 4.67. The molecule has 0 radical (unpaired) electrons. The van der Waals surface area contributed by atoms with Crippen LogP contribution in [0.1, 0.15) is 36.0 Å². The van der Waals surface area contributed by atoms with Gasteiger partial charge in [-0.2, -0.15) is 0 Å². The van der Waals surface area contributed by atoms with E-state index in [1.54, 1.807) is 17.6 Å². The summed E-state index contributed by atoms with van der Waals surface area (Å²) in [5, 5.41) is 9.37. The SMILES string of the molecule is O=C(O)C1CCCCCN1C(=O)c1ccc2ncsc2c1. The number of aromatic nitrogens is 1. The van der Waals surface area contributed by atoms with Gasteiger partial charge in [0.15, 0.2) is 0 Å². The van der Waals surface area contributed by atoms with E-state index in [0.717, 1.165) is 29.5 Å². The molecule has 1 aliphatic heterocycles. The van der Waals surface area contributed by atoms with Crippen LogP contribution in [-0.2, 0) is 4.79 Å². The molecule has 1 fully saturated rings. The molecule has 6 heteroatoms. The summed E-state index contributed by atoms with van der Waals surface area (Å²) in [7, 11) is 0. The molecular formula is C15H16N2O3S. The van der Waals surface area contributed by atoms with Gasteiger partial charge in [0.1, 0.15) is 6.04 Å². The Hall–Kier alpha value is -1.95. The first-order valence-electron chi connectivity index (χ1n) is 7.04. The minimum atomic E-state index is -0.913. The Labute approximate surface area is 126 Å². The highest BCUT2D eigenvalue weighted by Crippen LogP contribution is 2.23. The van der Waals surface area contributed by atoms with Crippen molar-refractivity contribution < 1.29 is 14.7 Å². The second-order valence-electron chi connectivity index (χ2n) is 5.24. The average molecular weight is 304 g/mol. The van der Waals surface area contributed by atoms with Crippen molar-refractivity contribution in [3.8, 4) is 0 Å². The summed E-state index contributed by atoms with van der Waals surface area (Å²) in [5.74, 6) is -1.11. The van der Waals surface area contributed by atoms with Crippen molar-refractivity contribution in [2.45, 2.75) is 31.7 Å². The number of likely N-dealkylation sites (tertiary alicyclic amines) is 1. The van der Waals surface area contributed by atoms with Crippen molar-refractivity contribution in [1.82, 2.24) is 9.88 Å². The van der Waals surface area contributed by atoms with Crippen molar-refractivity contribution in [2.24, 2.45) is 0 Å². The standard InChI is InChI=1S/C15H16N2O3S/c18-14(10-5-6-11-13(8-10)21-9-16-11)17-7-3-1-2-4-12(17)15(19)20/h5-6,8-9,12H,1-4,7H2,(H,19,20). The highest BCUT2D eigenvalue weighted by molar-refractivity contribution is 7.16. The van der Waals surface area contributed by atoms with Gasteiger partial charge in [0.05, 0.1) is 15.7 Å². The minimum Gasteiger partial charge on any atom is -0.480 e. The number of nitrogens with zero attached hydrogens (tertiary/aromatic N) is 2. The molecule has 2 aromatic rings. The smallest absolute Gasteiger partial charge is 0.326 e. The van der Waals surface area contributed by atoms with E-state index < -0.39 is 12.0 Å². The molecule has 0 bridgehead atoms. The summed E-state index contributed by atoms with van der Waals surface area (Å²) in [6, 6.07) is 4.64. The van der Waals surface area contributed by atoms with Crippen molar-refractivity contribution in [3.63, 3.8) is 0 Å². The maximum absolute atomic E-state index is 12.7. The monoisotopic (exact) mass is 304 g/mol. The Morgan fingerprint density at radius 3 is 2.95 bits per heavy atom. The van der Waals surface area contributed by atoms with E-state index in [9.17, 15) is 14.7 Å². The summed E-state index contributed by atoms with van der Waals surface area (Å²) >= 11 is 1.48. The highest BCUT2D eigenvalue weighted by atomic mass is 32.1. The molecule has 0 saturated carbocycles. The lowest BCUT2D eigenvalue weighted by molar-refractivity contribution is -0.142. The number of carbonyl (C=O) groups excluding carboxylic acids is 1. The number of amides is 1. The van der Waals surface area contributed by atoms with Crippen LogP contribution >= 0.6 is 11.3 Å². The van der Waals surface area contributed by atoms with Crippen LogP contribution in [0.15, 0.2) is 23.7 Å².